The Morgan fingerprint density at radius 1 is 0.909 bits per heavy atom. The molecule has 1 amide bonds. The molecule has 7 nitrogen and oxygen atoms in total. The number of nitrogens with one attached hydrogen (secondary N) is 2. The molecule has 5 rings (SSSR count). The molecule has 0 spiro atoms. The van der Waals surface area contributed by atoms with E-state index in [1.54, 1.807) is 29.2 Å². The lowest BCUT2D eigenvalue weighted by Gasteiger charge is -2.36. The van der Waals surface area contributed by atoms with Gasteiger partial charge in [0.05, 0.1) is 16.9 Å². The second kappa shape index (κ2) is 8.83. The predicted octanol–water partition coefficient (Wildman–Crippen LogP) is 2.28. The van der Waals surface area contributed by atoms with Crippen molar-refractivity contribution in [3.05, 3.63) is 78.1 Å². The number of piperazine rings is 1. The van der Waals surface area contributed by atoms with Gasteiger partial charge in [-0.05, 0) is 40.6 Å². The van der Waals surface area contributed by atoms with Crippen LogP contribution in [-0.2, 0) is 14.8 Å². The molecule has 0 radical (unpaired) electrons. The Bertz CT molecular complexity index is 1270. The molecule has 2 fully saturated rings. The van der Waals surface area contributed by atoms with Gasteiger partial charge < -0.3 is 4.90 Å². The van der Waals surface area contributed by atoms with Crippen molar-refractivity contribution in [2.45, 2.75) is 10.9 Å². The van der Waals surface area contributed by atoms with Crippen LogP contribution in [0, 0.1) is 11.7 Å². The molecule has 0 saturated carbocycles. The third-order valence-corrected chi connectivity index (χ3v) is 8.33. The molecule has 0 aromatic heterocycles. The summed E-state index contributed by atoms with van der Waals surface area (Å²) in [4.78, 5) is 15.2. The second-order valence-electron chi connectivity index (χ2n) is 8.40. The van der Waals surface area contributed by atoms with Gasteiger partial charge in [0, 0.05) is 32.7 Å². The zero-order valence-electron chi connectivity index (χ0n) is 17.9. The van der Waals surface area contributed by atoms with Crippen molar-refractivity contribution in [1.29, 1.82) is 0 Å². The molecule has 2 aliphatic rings. The van der Waals surface area contributed by atoms with E-state index >= 15 is 0 Å². The highest BCUT2D eigenvalue weighted by Crippen LogP contribution is 2.28. The standard InChI is InChI=1S/C24H25FN4O3S/c25-20-8-5-18(6-9-20)23-22(16-26-27-23)24(30)28-11-13-29(14-12-28)33(31,32)21-10-7-17-3-1-2-4-19(17)15-21/h1-10,15,22-23,26-27H,11-14,16H2. The van der Waals surface area contributed by atoms with E-state index in [1.807, 2.05) is 30.3 Å². The maximum atomic E-state index is 13.3. The minimum absolute atomic E-state index is 0.0374. The van der Waals surface area contributed by atoms with Gasteiger partial charge >= 0.3 is 0 Å². The fourth-order valence-corrected chi connectivity index (χ4v) is 6.03. The van der Waals surface area contributed by atoms with Gasteiger partial charge in [0.1, 0.15) is 5.82 Å². The first-order valence-electron chi connectivity index (χ1n) is 10.9. The van der Waals surface area contributed by atoms with Crippen LogP contribution in [0.25, 0.3) is 10.8 Å². The topological polar surface area (TPSA) is 81.8 Å². The van der Waals surface area contributed by atoms with E-state index in [2.05, 4.69) is 10.9 Å². The van der Waals surface area contributed by atoms with Crippen molar-refractivity contribution in [2.24, 2.45) is 5.92 Å². The molecule has 172 valence electrons. The highest BCUT2D eigenvalue weighted by Gasteiger charge is 2.38. The molecule has 3 aromatic carbocycles. The van der Waals surface area contributed by atoms with E-state index in [1.165, 1.54) is 16.4 Å². The van der Waals surface area contributed by atoms with E-state index in [0.717, 1.165) is 16.3 Å². The van der Waals surface area contributed by atoms with Crippen LogP contribution in [-0.4, -0.2) is 56.3 Å². The monoisotopic (exact) mass is 468 g/mol. The third kappa shape index (κ3) is 4.24. The summed E-state index contributed by atoms with van der Waals surface area (Å²) in [5.41, 5.74) is 6.96. The third-order valence-electron chi connectivity index (χ3n) is 6.44. The first-order valence-corrected chi connectivity index (χ1v) is 12.4. The molecular weight excluding hydrogens is 443 g/mol. The van der Waals surface area contributed by atoms with E-state index < -0.39 is 10.0 Å². The van der Waals surface area contributed by atoms with Gasteiger partial charge in [-0.1, -0.05) is 42.5 Å². The molecule has 9 heteroatoms. The van der Waals surface area contributed by atoms with Gasteiger partial charge in [0.2, 0.25) is 15.9 Å². The van der Waals surface area contributed by atoms with Crippen LogP contribution in [0.2, 0.25) is 0 Å². The Balaban J connectivity index is 1.27. The lowest BCUT2D eigenvalue weighted by molar-refractivity contribution is -0.136. The predicted molar refractivity (Wildman–Crippen MR) is 123 cm³/mol. The summed E-state index contributed by atoms with van der Waals surface area (Å²) in [5, 5.41) is 1.86. The number of carbonyl (C=O) groups excluding carboxylic acids is 1. The van der Waals surface area contributed by atoms with Crippen molar-refractivity contribution in [3.8, 4) is 0 Å². The molecule has 0 bridgehead atoms. The normalized spacial score (nSPS) is 22.0. The minimum atomic E-state index is -3.64. The van der Waals surface area contributed by atoms with Crippen molar-refractivity contribution >= 4 is 26.7 Å². The molecule has 3 aromatic rings. The molecule has 2 heterocycles. The number of sulfonamides is 1. The summed E-state index contributed by atoms with van der Waals surface area (Å²) in [6, 6.07) is 18.6. The zero-order valence-corrected chi connectivity index (χ0v) is 18.8. The highest BCUT2D eigenvalue weighted by atomic mass is 32.2. The summed E-state index contributed by atoms with van der Waals surface area (Å²) in [5.74, 6) is -0.708. The van der Waals surface area contributed by atoms with Gasteiger partial charge in [0.25, 0.3) is 0 Å². The number of rotatable bonds is 4. The Labute approximate surface area is 192 Å². The number of hydrogen-bond acceptors (Lipinski definition) is 5. The molecule has 2 aliphatic heterocycles. The lowest BCUT2D eigenvalue weighted by atomic mass is 9.93. The maximum absolute atomic E-state index is 13.3. The SMILES string of the molecule is O=C(C1CNNC1c1ccc(F)cc1)N1CCN(S(=O)(=O)c2ccc3ccccc3c2)CC1. The van der Waals surface area contributed by atoms with E-state index in [-0.39, 0.29) is 41.7 Å². The molecular formula is C24H25FN4O3S. The summed E-state index contributed by atoms with van der Waals surface area (Å²) in [7, 11) is -3.64. The summed E-state index contributed by atoms with van der Waals surface area (Å²) >= 11 is 0. The Hall–Kier alpha value is -2.85. The van der Waals surface area contributed by atoms with Crippen molar-refractivity contribution in [1.82, 2.24) is 20.1 Å². The molecule has 2 N–H and O–H groups in total. The number of hydrazine groups is 1. The van der Waals surface area contributed by atoms with Gasteiger partial charge in [-0.15, -0.1) is 0 Å². The van der Waals surface area contributed by atoms with E-state index in [4.69, 9.17) is 0 Å². The van der Waals surface area contributed by atoms with Gasteiger partial charge in [-0.3, -0.25) is 10.2 Å². The van der Waals surface area contributed by atoms with Crippen molar-refractivity contribution < 1.29 is 17.6 Å². The number of nitrogens with zero attached hydrogens (tertiary/aromatic N) is 2. The number of fused-ring (bicyclic) bond motifs is 1. The van der Waals surface area contributed by atoms with Gasteiger partial charge in [0.15, 0.2) is 0 Å². The summed E-state index contributed by atoms with van der Waals surface area (Å²) < 4.78 is 41.1. The van der Waals surface area contributed by atoms with Crippen LogP contribution in [0.5, 0.6) is 0 Å². The van der Waals surface area contributed by atoms with Crippen LogP contribution < -0.4 is 10.9 Å². The average Bonchev–Trinajstić information content (AvgIpc) is 3.34. The largest absolute Gasteiger partial charge is 0.340 e. The fraction of sp³-hybridized carbons (Fsp3) is 0.292. The number of carbonyl (C=O) groups is 1. The maximum Gasteiger partial charge on any atom is 0.243 e. The fourth-order valence-electron chi connectivity index (χ4n) is 4.57. The van der Waals surface area contributed by atoms with E-state index in [0.29, 0.717) is 19.6 Å². The lowest BCUT2D eigenvalue weighted by Crippen LogP contribution is -2.52. The first kappa shape index (κ1) is 22.0. The Morgan fingerprint density at radius 2 is 1.61 bits per heavy atom. The Kier molecular flexibility index (Phi) is 5.88. The van der Waals surface area contributed by atoms with Crippen LogP contribution in [0.15, 0.2) is 71.6 Å². The van der Waals surface area contributed by atoms with Gasteiger partial charge in [-0.2, -0.15) is 4.31 Å². The second-order valence-corrected chi connectivity index (χ2v) is 10.3. The summed E-state index contributed by atoms with van der Waals surface area (Å²) in [6.45, 7) is 1.61. The van der Waals surface area contributed by atoms with Crippen molar-refractivity contribution in [2.75, 3.05) is 32.7 Å². The quantitative estimate of drug-likeness (QED) is 0.614. The van der Waals surface area contributed by atoms with E-state index in [9.17, 15) is 17.6 Å². The van der Waals surface area contributed by atoms with Gasteiger partial charge in [-0.25, -0.2) is 18.2 Å². The molecule has 2 unspecified atom stereocenters. The minimum Gasteiger partial charge on any atom is -0.340 e. The van der Waals surface area contributed by atoms with Crippen LogP contribution >= 0.6 is 0 Å². The number of hydrogen-bond donors (Lipinski definition) is 2. The smallest absolute Gasteiger partial charge is 0.243 e. The average molecular weight is 469 g/mol. The number of benzene rings is 3. The van der Waals surface area contributed by atoms with Crippen LogP contribution in [0.3, 0.4) is 0 Å². The molecule has 2 saturated heterocycles. The van der Waals surface area contributed by atoms with Crippen LogP contribution in [0.1, 0.15) is 11.6 Å². The molecule has 0 aliphatic carbocycles. The Morgan fingerprint density at radius 3 is 2.33 bits per heavy atom. The summed E-state index contributed by atoms with van der Waals surface area (Å²) in [6.07, 6.45) is 0. The zero-order chi connectivity index (χ0) is 23.0. The first-order chi connectivity index (χ1) is 15.9. The van der Waals surface area contributed by atoms with Crippen molar-refractivity contribution in [3.63, 3.8) is 0 Å². The number of amides is 1. The number of halogens is 1. The van der Waals surface area contributed by atoms with Crippen LogP contribution in [0.4, 0.5) is 4.39 Å². The molecule has 2 atom stereocenters. The highest BCUT2D eigenvalue weighted by molar-refractivity contribution is 7.89. The molecule has 33 heavy (non-hydrogen) atoms.